The second-order valence-corrected chi connectivity index (χ2v) is 3.41. The number of ketones is 1. The van der Waals surface area contributed by atoms with Crippen LogP contribution in [-0.2, 0) is 24.0 Å². The lowest BCUT2D eigenvalue weighted by molar-refractivity contribution is -0.342. The molecule has 16 heavy (non-hydrogen) atoms. The maximum atomic E-state index is 11.1. The highest BCUT2D eigenvalue weighted by Crippen LogP contribution is 2.10. The number of esters is 1. The molecule has 0 spiro atoms. The largest absolute Gasteiger partial charge is 0.455 e. The summed E-state index contributed by atoms with van der Waals surface area (Å²) in [5.41, 5.74) is 0. The van der Waals surface area contributed by atoms with Crippen molar-refractivity contribution in [2.24, 2.45) is 0 Å². The minimum absolute atomic E-state index is 0.200. The molecule has 0 aliphatic rings. The number of methoxy groups -OCH3 is 1. The van der Waals surface area contributed by atoms with Crippen LogP contribution < -0.4 is 0 Å². The normalized spacial score (nSPS) is 14.2. The van der Waals surface area contributed by atoms with Crippen molar-refractivity contribution >= 4 is 11.8 Å². The van der Waals surface area contributed by atoms with E-state index < -0.39 is 18.4 Å². The molecule has 0 fully saturated rings. The summed E-state index contributed by atoms with van der Waals surface area (Å²) < 4.78 is 9.59. The SMILES string of the molecule is COC(CCCC(OC(C)=O)C(C)=O)OO. The summed E-state index contributed by atoms with van der Waals surface area (Å²) >= 11 is 0. The van der Waals surface area contributed by atoms with E-state index in [-0.39, 0.29) is 5.78 Å². The van der Waals surface area contributed by atoms with E-state index in [4.69, 9.17) is 14.7 Å². The number of hydrogen-bond acceptors (Lipinski definition) is 6. The molecule has 0 aromatic heterocycles. The summed E-state index contributed by atoms with van der Waals surface area (Å²) in [6.45, 7) is 2.62. The van der Waals surface area contributed by atoms with Crippen LogP contribution in [-0.4, -0.2) is 36.5 Å². The number of hydrogen-bond donors (Lipinski definition) is 1. The molecule has 0 saturated heterocycles. The Labute approximate surface area is 94.4 Å². The standard InChI is InChI=1S/C10H18O6/c1-7(11)9(15-8(2)12)5-4-6-10(14-3)16-13/h9-10,13H,4-6H2,1-3H3. The van der Waals surface area contributed by atoms with Crippen LogP contribution in [0.1, 0.15) is 33.1 Å². The highest BCUT2D eigenvalue weighted by molar-refractivity contribution is 5.82. The zero-order chi connectivity index (χ0) is 12.6. The average Bonchev–Trinajstić information content (AvgIpc) is 2.22. The number of ether oxygens (including phenoxy) is 2. The molecular formula is C10H18O6. The molecule has 0 aromatic carbocycles. The highest BCUT2D eigenvalue weighted by Gasteiger charge is 2.18. The minimum Gasteiger partial charge on any atom is -0.455 e. The molecule has 6 nitrogen and oxygen atoms in total. The van der Waals surface area contributed by atoms with E-state index in [1.165, 1.54) is 21.0 Å². The van der Waals surface area contributed by atoms with Gasteiger partial charge in [0.05, 0.1) is 0 Å². The summed E-state index contributed by atoms with van der Waals surface area (Å²) in [5, 5.41) is 8.37. The smallest absolute Gasteiger partial charge is 0.303 e. The van der Waals surface area contributed by atoms with Crippen molar-refractivity contribution in [2.75, 3.05) is 7.11 Å². The minimum atomic E-state index is -0.728. The lowest BCUT2D eigenvalue weighted by Gasteiger charge is -2.15. The van der Waals surface area contributed by atoms with Gasteiger partial charge in [-0.15, -0.1) is 0 Å². The van der Waals surface area contributed by atoms with E-state index in [2.05, 4.69) is 4.89 Å². The van der Waals surface area contributed by atoms with Crippen LogP contribution in [0.15, 0.2) is 0 Å². The predicted molar refractivity (Wildman–Crippen MR) is 54.6 cm³/mol. The lowest BCUT2D eigenvalue weighted by atomic mass is 10.1. The molecule has 0 saturated carbocycles. The lowest BCUT2D eigenvalue weighted by Crippen LogP contribution is -2.24. The summed E-state index contributed by atoms with van der Waals surface area (Å²) in [6, 6.07) is 0. The van der Waals surface area contributed by atoms with Gasteiger partial charge in [-0.1, -0.05) is 0 Å². The van der Waals surface area contributed by atoms with Gasteiger partial charge in [0.2, 0.25) is 0 Å². The van der Waals surface area contributed by atoms with E-state index in [0.717, 1.165) is 0 Å². The highest BCUT2D eigenvalue weighted by atomic mass is 17.1. The van der Waals surface area contributed by atoms with Crippen molar-refractivity contribution in [3.05, 3.63) is 0 Å². The van der Waals surface area contributed by atoms with Crippen molar-refractivity contribution in [1.29, 1.82) is 0 Å². The fourth-order valence-corrected chi connectivity index (χ4v) is 1.23. The molecule has 0 radical (unpaired) electrons. The third-order valence-electron chi connectivity index (χ3n) is 2.05. The zero-order valence-corrected chi connectivity index (χ0v) is 9.76. The van der Waals surface area contributed by atoms with Crippen molar-refractivity contribution in [3.8, 4) is 0 Å². The topological polar surface area (TPSA) is 82.1 Å². The Morgan fingerprint density at radius 3 is 2.25 bits per heavy atom. The van der Waals surface area contributed by atoms with Crippen LogP contribution in [0.3, 0.4) is 0 Å². The van der Waals surface area contributed by atoms with Gasteiger partial charge in [-0.25, -0.2) is 10.1 Å². The van der Waals surface area contributed by atoms with Gasteiger partial charge in [0.25, 0.3) is 0 Å². The molecule has 0 bridgehead atoms. The Morgan fingerprint density at radius 1 is 1.25 bits per heavy atom. The van der Waals surface area contributed by atoms with Crippen LogP contribution >= 0.6 is 0 Å². The van der Waals surface area contributed by atoms with Crippen LogP contribution in [0, 0.1) is 0 Å². The monoisotopic (exact) mass is 234 g/mol. The predicted octanol–water partition coefficient (Wildman–Crippen LogP) is 1.14. The summed E-state index contributed by atoms with van der Waals surface area (Å²) in [6.07, 6.45) is -0.106. The number of rotatable bonds is 8. The first-order chi connectivity index (χ1) is 7.51. The van der Waals surface area contributed by atoms with Crippen molar-refractivity contribution in [1.82, 2.24) is 0 Å². The first kappa shape index (κ1) is 15.0. The third kappa shape index (κ3) is 6.49. The number of carbonyl (C=O) groups is 2. The van der Waals surface area contributed by atoms with Gasteiger partial charge >= 0.3 is 5.97 Å². The molecule has 0 heterocycles. The molecule has 0 aliphatic carbocycles. The number of Topliss-reactive ketones (excluding diaryl/α,β-unsaturated/α-hetero) is 1. The molecule has 2 unspecified atom stereocenters. The quantitative estimate of drug-likeness (QED) is 0.293. The fourth-order valence-electron chi connectivity index (χ4n) is 1.23. The van der Waals surface area contributed by atoms with E-state index in [9.17, 15) is 9.59 Å². The second kappa shape index (κ2) is 8.20. The molecule has 2 atom stereocenters. The van der Waals surface area contributed by atoms with Gasteiger partial charge in [-0.2, -0.15) is 0 Å². The van der Waals surface area contributed by atoms with Crippen molar-refractivity contribution in [3.63, 3.8) is 0 Å². The first-order valence-corrected chi connectivity index (χ1v) is 5.02. The fraction of sp³-hybridized carbons (Fsp3) is 0.800. The average molecular weight is 234 g/mol. The van der Waals surface area contributed by atoms with Gasteiger partial charge < -0.3 is 9.47 Å². The summed E-state index contributed by atoms with van der Waals surface area (Å²) in [4.78, 5) is 25.8. The molecule has 0 amide bonds. The van der Waals surface area contributed by atoms with Gasteiger partial charge in [0.1, 0.15) is 0 Å². The Morgan fingerprint density at radius 2 is 1.88 bits per heavy atom. The number of carbonyl (C=O) groups excluding carboxylic acids is 2. The summed E-state index contributed by atoms with van der Waals surface area (Å²) in [5.74, 6) is -0.684. The molecule has 1 N–H and O–H groups in total. The Bertz CT molecular complexity index is 223. The van der Waals surface area contributed by atoms with Gasteiger partial charge in [-0.3, -0.25) is 9.59 Å². The van der Waals surface area contributed by atoms with E-state index in [1.807, 2.05) is 0 Å². The van der Waals surface area contributed by atoms with Crippen molar-refractivity contribution in [2.45, 2.75) is 45.5 Å². The Balaban J connectivity index is 3.93. The van der Waals surface area contributed by atoms with Crippen LogP contribution in [0.5, 0.6) is 0 Å². The van der Waals surface area contributed by atoms with Crippen LogP contribution in [0.2, 0.25) is 0 Å². The zero-order valence-electron chi connectivity index (χ0n) is 9.76. The maximum absolute atomic E-state index is 11.1. The van der Waals surface area contributed by atoms with E-state index >= 15 is 0 Å². The van der Waals surface area contributed by atoms with E-state index in [0.29, 0.717) is 19.3 Å². The Hall–Kier alpha value is -0.980. The molecular weight excluding hydrogens is 216 g/mol. The molecule has 94 valence electrons. The molecule has 6 heteroatoms. The van der Waals surface area contributed by atoms with Crippen LogP contribution in [0.4, 0.5) is 0 Å². The van der Waals surface area contributed by atoms with E-state index in [1.54, 1.807) is 0 Å². The molecule has 0 rings (SSSR count). The third-order valence-corrected chi connectivity index (χ3v) is 2.05. The first-order valence-electron chi connectivity index (χ1n) is 5.02. The van der Waals surface area contributed by atoms with Gasteiger partial charge in [0, 0.05) is 20.5 Å². The van der Waals surface area contributed by atoms with Crippen LogP contribution in [0.25, 0.3) is 0 Å². The van der Waals surface area contributed by atoms with Gasteiger partial charge in [-0.05, 0) is 19.8 Å². The molecule has 0 aliphatic heterocycles. The van der Waals surface area contributed by atoms with Gasteiger partial charge in [0.15, 0.2) is 18.2 Å². The van der Waals surface area contributed by atoms with Crippen molar-refractivity contribution < 1.29 is 29.2 Å². The maximum Gasteiger partial charge on any atom is 0.303 e. The molecule has 0 aromatic rings. The summed E-state index contributed by atoms with van der Waals surface area (Å²) in [7, 11) is 1.40. The Kier molecular flexibility index (Phi) is 7.70. The second-order valence-electron chi connectivity index (χ2n) is 3.41.